The number of aryl methyl sites for hydroxylation is 1. The number of fused-ring (bicyclic) bond motifs is 3. The van der Waals surface area contributed by atoms with Gasteiger partial charge in [-0.1, -0.05) is 18.2 Å². The molecule has 6 nitrogen and oxygen atoms in total. The molecule has 0 aliphatic rings. The summed E-state index contributed by atoms with van der Waals surface area (Å²) < 4.78 is 2.26. The van der Waals surface area contributed by atoms with Gasteiger partial charge < -0.3 is 20.1 Å². The molecule has 0 bridgehead atoms. The molecule has 3 aromatic rings. The van der Waals surface area contributed by atoms with E-state index < -0.39 is 0 Å². The van der Waals surface area contributed by atoms with Crippen molar-refractivity contribution in [3.63, 3.8) is 0 Å². The first-order chi connectivity index (χ1) is 12.7. The summed E-state index contributed by atoms with van der Waals surface area (Å²) in [6.07, 6.45) is 0. The average Bonchev–Trinajstić information content (AvgIpc) is 2.95. The predicted molar refractivity (Wildman–Crippen MR) is 104 cm³/mol. The third-order valence-electron chi connectivity index (χ3n) is 4.57. The summed E-state index contributed by atoms with van der Waals surface area (Å²) in [5.41, 5.74) is 3.08. The van der Waals surface area contributed by atoms with Gasteiger partial charge in [0.1, 0.15) is 0 Å². The Balaban J connectivity index is 1.85. The van der Waals surface area contributed by atoms with Gasteiger partial charge in [-0.3, -0.25) is 9.69 Å². The van der Waals surface area contributed by atoms with Gasteiger partial charge in [0.2, 0.25) is 5.91 Å². The van der Waals surface area contributed by atoms with Gasteiger partial charge >= 0.3 is 0 Å². The van der Waals surface area contributed by atoms with Crippen LogP contribution in [0.1, 0.15) is 6.92 Å². The van der Waals surface area contributed by atoms with Gasteiger partial charge in [0.05, 0.1) is 19.8 Å². The van der Waals surface area contributed by atoms with Crippen LogP contribution in [0.15, 0.2) is 42.5 Å². The number of carbonyl (C=O) groups is 1. The second-order valence-corrected chi connectivity index (χ2v) is 6.26. The molecular weight excluding hydrogens is 330 g/mol. The lowest BCUT2D eigenvalue weighted by molar-refractivity contribution is -0.117. The molecule has 0 atom stereocenters. The molecule has 3 N–H and O–H groups in total. The fraction of sp³-hybridized carbons (Fsp3) is 0.350. The van der Waals surface area contributed by atoms with Crippen LogP contribution in [0.4, 0.5) is 5.69 Å². The van der Waals surface area contributed by atoms with Gasteiger partial charge in [-0.2, -0.15) is 0 Å². The summed E-state index contributed by atoms with van der Waals surface area (Å²) in [7, 11) is 0. The van der Waals surface area contributed by atoms with Gasteiger partial charge in [-0.05, 0) is 31.2 Å². The summed E-state index contributed by atoms with van der Waals surface area (Å²) in [5, 5.41) is 23.3. The topological polar surface area (TPSA) is 77.7 Å². The number of benzene rings is 2. The fourth-order valence-electron chi connectivity index (χ4n) is 3.43. The Labute approximate surface area is 152 Å². The number of aliphatic hydroxyl groups excluding tert-OH is 2. The quantitative estimate of drug-likeness (QED) is 0.578. The highest BCUT2D eigenvalue weighted by molar-refractivity contribution is 6.09. The summed E-state index contributed by atoms with van der Waals surface area (Å²) in [5.74, 6) is -0.162. The zero-order valence-electron chi connectivity index (χ0n) is 15.0. The van der Waals surface area contributed by atoms with Crippen molar-refractivity contribution in [1.82, 2.24) is 9.47 Å². The normalized spacial score (nSPS) is 11.5. The van der Waals surface area contributed by atoms with Crippen LogP contribution in [-0.2, 0) is 11.3 Å². The van der Waals surface area contributed by atoms with Crippen LogP contribution in [0.5, 0.6) is 0 Å². The summed E-state index contributed by atoms with van der Waals surface area (Å²) in [4.78, 5) is 14.0. The van der Waals surface area contributed by atoms with Crippen molar-refractivity contribution in [1.29, 1.82) is 0 Å². The van der Waals surface area contributed by atoms with Crippen LogP contribution < -0.4 is 5.32 Å². The molecule has 0 spiro atoms. The van der Waals surface area contributed by atoms with Gasteiger partial charge in [0.25, 0.3) is 0 Å². The second kappa shape index (κ2) is 8.31. The van der Waals surface area contributed by atoms with Gasteiger partial charge in [-0.25, -0.2) is 0 Å². The van der Waals surface area contributed by atoms with E-state index in [0.29, 0.717) is 13.1 Å². The van der Waals surface area contributed by atoms with Crippen LogP contribution in [0.25, 0.3) is 21.8 Å². The lowest BCUT2D eigenvalue weighted by atomic mass is 10.1. The van der Waals surface area contributed by atoms with E-state index in [-0.39, 0.29) is 25.7 Å². The third kappa shape index (κ3) is 3.72. The highest BCUT2D eigenvalue weighted by Crippen LogP contribution is 2.30. The monoisotopic (exact) mass is 355 g/mol. The Morgan fingerprint density at radius 3 is 2.42 bits per heavy atom. The first-order valence-corrected chi connectivity index (χ1v) is 8.92. The molecule has 1 amide bonds. The minimum atomic E-state index is -0.162. The summed E-state index contributed by atoms with van der Waals surface area (Å²) >= 11 is 0. The number of carbonyl (C=O) groups excluding carboxylic acids is 1. The molecule has 0 saturated heterocycles. The van der Waals surface area contributed by atoms with Gasteiger partial charge in [0.15, 0.2) is 0 Å². The Hall–Kier alpha value is -2.41. The van der Waals surface area contributed by atoms with Crippen molar-refractivity contribution in [3.8, 4) is 0 Å². The highest BCUT2D eigenvalue weighted by Gasteiger charge is 2.13. The standard InChI is InChI=1S/C20H25N3O3/c1-2-23-18-6-4-3-5-16(18)17-13-15(7-8-19(17)23)21-20(26)14-22(9-11-24)10-12-25/h3-8,13,24-25H,2,9-12,14H2,1H3,(H,21,26). The maximum absolute atomic E-state index is 12.3. The van der Waals surface area contributed by atoms with Crippen LogP contribution in [0.3, 0.4) is 0 Å². The molecular formula is C20H25N3O3. The van der Waals surface area contributed by atoms with E-state index >= 15 is 0 Å². The van der Waals surface area contributed by atoms with Crippen molar-refractivity contribution in [2.75, 3.05) is 38.2 Å². The molecule has 2 aromatic carbocycles. The largest absolute Gasteiger partial charge is 0.395 e. The first kappa shape index (κ1) is 18.4. The molecule has 1 heterocycles. The predicted octanol–water partition coefficient (Wildman–Crippen LogP) is 2.04. The van der Waals surface area contributed by atoms with E-state index in [4.69, 9.17) is 10.2 Å². The fourth-order valence-corrected chi connectivity index (χ4v) is 3.43. The number of amides is 1. The molecule has 0 aliphatic heterocycles. The van der Waals surface area contributed by atoms with Crippen LogP contribution in [-0.4, -0.2) is 58.4 Å². The summed E-state index contributed by atoms with van der Waals surface area (Å²) in [6.45, 7) is 3.76. The Morgan fingerprint density at radius 1 is 1.04 bits per heavy atom. The summed E-state index contributed by atoms with van der Waals surface area (Å²) in [6, 6.07) is 14.2. The number of nitrogens with zero attached hydrogens (tertiary/aromatic N) is 2. The van der Waals surface area contributed by atoms with E-state index in [2.05, 4.69) is 28.9 Å². The Bertz CT molecular complexity index is 898. The third-order valence-corrected chi connectivity index (χ3v) is 4.57. The van der Waals surface area contributed by atoms with E-state index in [1.165, 1.54) is 10.9 Å². The molecule has 0 saturated carbocycles. The molecule has 138 valence electrons. The van der Waals surface area contributed by atoms with Crippen molar-refractivity contribution in [2.45, 2.75) is 13.5 Å². The number of hydrogen-bond acceptors (Lipinski definition) is 4. The number of rotatable bonds is 8. The van der Waals surface area contributed by atoms with Crippen molar-refractivity contribution >= 4 is 33.4 Å². The SMILES string of the molecule is CCn1c2ccccc2c2cc(NC(=O)CN(CCO)CCO)ccc21. The molecule has 0 unspecified atom stereocenters. The number of anilines is 1. The number of para-hydroxylation sites is 1. The molecule has 26 heavy (non-hydrogen) atoms. The second-order valence-electron chi connectivity index (χ2n) is 6.26. The lowest BCUT2D eigenvalue weighted by Crippen LogP contribution is -2.37. The lowest BCUT2D eigenvalue weighted by Gasteiger charge is -2.19. The molecule has 1 aromatic heterocycles. The van der Waals surface area contributed by atoms with Crippen molar-refractivity contribution in [2.24, 2.45) is 0 Å². The van der Waals surface area contributed by atoms with Crippen LogP contribution in [0, 0.1) is 0 Å². The van der Waals surface area contributed by atoms with E-state index in [9.17, 15) is 4.79 Å². The minimum Gasteiger partial charge on any atom is -0.395 e. The van der Waals surface area contributed by atoms with E-state index in [1.807, 2.05) is 30.3 Å². The zero-order chi connectivity index (χ0) is 18.5. The van der Waals surface area contributed by atoms with Crippen LogP contribution >= 0.6 is 0 Å². The average molecular weight is 355 g/mol. The Kier molecular flexibility index (Phi) is 5.88. The maximum Gasteiger partial charge on any atom is 0.238 e. The number of aliphatic hydroxyl groups is 2. The molecule has 0 aliphatic carbocycles. The first-order valence-electron chi connectivity index (χ1n) is 8.92. The molecule has 6 heteroatoms. The molecule has 3 rings (SSSR count). The molecule has 0 radical (unpaired) electrons. The Morgan fingerprint density at radius 2 is 1.73 bits per heavy atom. The maximum atomic E-state index is 12.3. The number of aromatic nitrogens is 1. The van der Waals surface area contributed by atoms with Gasteiger partial charge in [-0.15, -0.1) is 0 Å². The smallest absolute Gasteiger partial charge is 0.238 e. The zero-order valence-corrected chi connectivity index (χ0v) is 15.0. The molecule has 0 fully saturated rings. The van der Waals surface area contributed by atoms with Crippen LogP contribution in [0.2, 0.25) is 0 Å². The van der Waals surface area contributed by atoms with Crippen molar-refractivity contribution in [3.05, 3.63) is 42.5 Å². The van der Waals surface area contributed by atoms with E-state index in [0.717, 1.165) is 23.1 Å². The van der Waals surface area contributed by atoms with Crippen molar-refractivity contribution < 1.29 is 15.0 Å². The minimum absolute atomic E-state index is 0.0459. The highest BCUT2D eigenvalue weighted by atomic mass is 16.3. The number of hydrogen-bond donors (Lipinski definition) is 3. The number of nitrogens with one attached hydrogen (secondary N) is 1. The van der Waals surface area contributed by atoms with E-state index in [1.54, 1.807) is 4.90 Å². The van der Waals surface area contributed by atoms with Gasteiger partial charge in [0, 0.05) is 47.1 Å².